The van der Waals surface area contributed by atoms with Gasteiger partial charge in [-0.2, -0.15) is 17.0 Å². The van der Waals surface area contributed by atoms with E-state index in [0.717, 1.165) is 51.6 Å². The van der Waals surface area contributed by atoms with E-state index < -0.39 is 10.2 Å². The van der Waals surface area contributed by atoms with Crippen LogP contribution in [0.15, 0.2) is 0 Å². The molecule has 2 rings (SSSR count). The predicted octanol–water partition coefficient (Wildman–Crippen LogP) is 1.96. The molecule has 0 bridgehead atoms. The van der Waals surface area contributed by atoms with Gasteiger partial charge < -0.3 is 5.32 Å². The fraction of sp³-hybridized carbons (Fsp3) is 1.00. The number of rotatable bonds is 5. The Morgan fingerprint density at radius 1 is 1.05 bits per heavy atom. The molecule has 21 heavy (non-hydrogen) atoms. The second kappa shape index (κ2) is 7.40. The molecule has 0 aliphatic carbocycles. The third kappa shape index (κ3) is 3.78. The van der Waals surface area contributed by atoms with E-state index in [1.165, 1.54) is 0 Å². The highest BCUT2D eigenvalue weighted by atomic mass is 32.2. The quantitative estimate of drug-likeness (QED) is 0.843. The Balaban J connectivity index is 2.18. The first-order valence-electron chi connectivity index (χ1n) is 8.49. The van der Waals surface area contributed by atoms with Crippen LogP contribution in [0.2, 0.25) is 0 Å². The molecule has 0 amide bonds. The molecule has 2 heterocycles. The highest BCUT2D eigenvalue weighted by Crippen LogP contribution is 2.30. The van der Waals surface area contributed by atoms with Gasteiger partial charge in [-0.25, -0.2) is 0 Å². The predicted molar refractivity (Wildman–Crippen MR) is 86.4 cm³/mol. The van der Waals surface area contributed by atoms with Crippen LogP contribution in [0.5, 0.6) is 0 Å². The molecular formula is C15H31N3O2S. The van der Waals surface area contributed by atoms with E-state index in [1.54, 1.807) is 8.61 Å². The Kier molecular flexibility index (Phi) is 6.05. The fourth-order valence-electron chi connectivity index (χ4n) is 3.77. The smallest absolute Gasteiger partial charge is 0.282 e. The molecule has 3 atom stereocenters. The Morgan fingerprint density at radius 2 is 1.71 bits per heavy atom. The van der Waals surface area contributed by atoms with Crippen molar-refractivity contribution < 1.29 is 8.42 Å². The Hall–Kier alpha value is -0.170. The van der Waals surface area contributed by atoms with Gasteiger partial charge in [0.2, 0.25) is 0 Å². The van der Waals surface area contributed by atoms with E-state index in [4.69, 9.17) is 0 Å². The topological polar surface area (TPSA) is 52.7 Å². The molecule has 5 nitrogen and oxygen atoms in total. The van der Waals surface area contributed by atoms with Crippen molar-refractivity contribution >= 4 is 10.2 Å². The van der Waals surface area contributed by atoms with Crippen LogP contribution < -0.4 is 5.32 Å². The van der Waals surface area contributed by atoms with Crippen molar-refractivity contribution in [2.24, 2.45) is 0 Å². The molecule has 0 aromatic heterocycles. The molecule has 1 N–H and O–H groups in total. The number of nitrogens with one attached hydrogen (secondary N) is 1. The maximum atomic E-state index is 13.2. The lowest BCUT2D eigenvalue weighted by Gasteiger charge is -2.44. The molecule has 0 aromatic rings. The standard InChI is InChI=1S/C15H31N3O2S/c1-4-16-12-15-10-5-6-11-17(15)21(19,20)18-13(2)8-7-9-14(18)3/h13-16H,4-12H2,1-3H3/t13-,14+,15?. The summed E-state index contributed by atoms with van der Waals surface area (Å²) >= 11 is 0. The van der Waals surface area contributed by atoms with E-state index in [-0.39, 0.29) is 18.1 Å². The lowest BCUT2D eigenvalue weighted by Crippen LogP contribution is -2.58. The Bertz CT molecular complexity index is 417. The molecule has 1 unspecified atom stereocenters. The summed E-state index contributed by atoms with van der Waals surface area (Å²) in [6.07, 6.45) is 6.19. The van der Waals surface area contributed by atoms with Crippen LogP contribution in [0.1, 0.15) is 59.3 Å². The van der Waals surface area contributed by atoms with E-state index in [0.29, 0.717) is 6.54 Å². The molecule has 2 fully saturated rings. The van der Waals surface area contributed by atoms with Crippen LogP contribution in [-0.4, -0.2) is 54.8 Å². The van der Waals surface area contributed by atoms with E-state index >= 15 is 0 Å². The molecule has 0 radical (unpaired) electrons. The third-order valence-electron chi connectivity index (χ3n) is 4.88. The lowest BCUT2D eigenvalue weighted by atomic mass is 10.0. The number of hydrogen-bond acceptors (Lipinski definition) is 3. The van der Waals surface area contributed by atoms with Crippen LogP contribution in [-0.2, 0) is 10.2 Å². The monoisotopic (exact) mass is 317 g/mol. The van der Waals surface area contributed by atoms with Crippen molar-refractivity contribution in [2.75, 3.05) is 19.6 Å². The Morgan fingerprint density at radius 3 is 2.33 bits per heavy atom. The second-order valence-electron chi connectivity index (χ2n) is 6.53. The summed E-state index contributed by atoms with van der Waals surface area (Å²) in [5.41, 5.74) is 0. The average Bonchev–Trinajstić information content (AvgIpc) is 2.45. The van der Waals surface area contributed by atoms with E-state index in [2.05, 4.69) is 26.1 Å². The van der Waals surface area contributed by atoms with Gasteiger partial charge in [-0.15, -0.1) is 0 Å². The van der Waals surface area contributed by atoms with Crippen LogP contribution in [0.25, 0.3) is 0 Å². The number of hydrogen-bond donors (Lipinski definition) is 1. The second-order valence-corrected chi connectivity index (χ2v) is 8.32. The lowest BCUT2D eigenvalue weighted by molar-refractivity contribution is 0.166. The third-order valence-corrected chi connectivity index (χ3v) is 7.20. The molecule has 2 saturated heterocycles. The summed E-state index contributed by atoms with van der Waals surface area (Å²) in [5, 5.41) is 3.32. The van der Waals surface area contributed by atoms with Crippen molar-refractivity contribution in [1.82, 2.24) is 13.9 Å². The summed E-state index contributed by atoms with van der Waals surface area (Å²) in [6, 6.07) is 0.367. The van der Waals surface area contributed by atoms with Crippen LogP contribution in [0.3, 0.4) is 0 Å². The zero-order valence-electron chi connectivity index (χ0n) is 13.7. The molecule has 124 valence electrons. The summed E-state index contributed by atoms with van der Waals surface area (Å²) < 4.78 is 29.9. The van der Waals surface area contributed by atoms with E-state index in [9.17, 15) is 8.42 Å². The molecule has 2 aliphatic heterocycles. The zero-order valence-corrected chi connectivity index (χ0v) is 14.5. The number of nitrogens with zero attached hydrogens (tertiary/aromatic N) is 2. The zero-order chi connectivity index (χ0) is 15.5. The largest absolute Gasteiger partial charge is 0.315 e. The van der Waals surface area contributed by atoms with Gasteiger partial charge in [0.15, 0.2) is 0 Å². The van der Waals surface area contributed by atoms with Gasteiger partial charge in [-0.05, 0) is 46.1 Å². The normalized spacial score (nSPS) is 33.2. The molecular weight excluding hydrogens is 286 g/mol. The van der Waals surface area contributed by atoms with Crippen molar-refractivity contribution in [3.63, 3.8) is 0 Å². The summed E-state index contributed by atoms with van der Waals surface area (Å²) in [5.74, 6) is 0. The highest BCUT2D eigenvalue weighted by molar-refractivity contribution is 7.86. The molecule has 0 aromatic carbocycles. The highest BCUT2D eigenvalue weighted by Gasteiger charge is 2.41. The van der Waals surface area contributed by atoms with Gasteiger partial charge in [0, 0.05) is 31.2 Å². The average molecular weight is 317 g/mol. The minimum Gasteiger partial charge on any atom is -0.315 e. The van der Waals surface area contributed by atoms with Gasteiger partial charge >= 0.3 is 0 Å². The molecule has 0 saturated carbocycles. The molecule has 0 spiro atoms. The van der Waals surface area contributed by atoms with Gasteiger partial charge in [-0.3, -0.25) is 0 Å². The van der Waals surface area contributed by atoms with Crippen molar-refractivity contribution in [3.8, 4) is 0 Å². The molecule has 2 aliphatic rings. The SMILES string of the molecule is CCNCC1CCCCN1S(=O)(=O)N1[C@H](C)CCC[C@@H]1C. The van der Waals surface area contributed by atoms with Gasteiger partial charge in [0.1, 0.15) is 0 Å². The van der Waals surface area contributed by atoms with Gasteiger partial charge in [0.05, 0.1) is 0 Å². The first kappa shape index (κ1) is 17.2. The van der Waals surface area contributed by atoms with Crippen LogP contribution >= 0.6 is 0 Å². The maximum Gasteiger partial charge on any atom is 0.282 e. The summed E-state index contributed by atoms with van der Waals surface area (Å²) in [4.78, 5) is 0. The summed E-state index contributed by atoms with van der Waals surface area (Å²) in [6.45, 7) is 8.50. The number of likely N-dealkylation sites (N-methyl/N-ethyl adjacent to an activating group) is 1. The van der Waals surface area contributed by atoms with E-state index in [1.807, 2.05) is 0 Å². The minimum atomic E-state index is -3.34. The van der Waals surface area contributed by atoms with Crippen LogP contribution in [0, 0.1) is 0 Å². The first-order chi connectivity index (χ1) is 9.98. The van der Waals surface area contributed by atoms with Gasteiger partial charge in [-0.1, -0.05) is 19.8 Å². The van der Waals surface area contributed by atoms with Crippen molar-refractivity contribution in [1.29, 1.82) is 0 Å². The fourth-order valence-corrected chi connectivity index (χ4v) is 6.05. The Labute approximate surface area is 130 Å². The van der Waals surface area contributed by atoms with Crippen LogP contribution in [0.4, 0.5) is 0 Å². The van der Waals surface area contributed by atoms with Crippen molar-refractivity contribution in [3.05, 3.63) is 0 Å². The molecule has 6 heteroatoms. The number of piperidine rings is 2. The minimum absolute atomic E-state index is 0.116. The van der Waals surface area contributed by atoms with Crippen molar-refractivity contribution in [2.45, 2.75) is 77.4 Å². The van der Waals surface area contributed by atoms with Gasteiger partial charge in [0.25, 0.3) is 10.2 Å². The maximum absolute atomic E-state index is 13.2. The first-order valence-corrected chi connectivity index (χ1v) is 9.89. The summed E-state index contributed by atoms with van der Waals surface area (Å²) in [7, 11) is -3.34.